The van der Waals surface area contributed by atoms with E-state index in [1.807, 2.05) is 29.3 Å². The van der Waals surface area contributed by atoms with Crippen LogP contribution in [0.3, 0.4) is 0 Å². The molecule has 7 heteroatoms. The quantitative estimate of drug-likeness (QED) is 0.538. The smallest absolute Gasteiger partial charge is 0.226 e. The molecular formula is C21H20N6O. The fraction of sp³-hybridized carbons (Fsp3) is 0.286. The summed E-state index contributed by atoms with van der Waals surface area (Å²) in [6.07, 6.45) is 5.50. The largest absolute Gasteiger partial charge is 0.334 e. The van der Waals surface area contributed by atoms with E-state index >= 15 is 0 Å². The first-order valence-electron chi connectivity index (χ1n) is 9.48. The molecule has 1 fully saturated rings. The van der Waals surface area contributed by atoms with Crippen LogP contribution < -0.4 is 0 Å². The van der Waals surface area contributed by atoms with Crippen LogP contribution >= 0.6 is 0 Å². The van der Waals surface area contributed by atoms with E-state index in [1.165, 1.54) is 0 Å². The van der Waals surface area contributed by atoms with E-state index in [0.717, 1.165) is 40.4 Å². The number of carbonyl (C=O) groups is 1. The summed E-state index contributed by atoms with van der Waals surface area (Å²) in [4.78, 5) is 19.0. The fourth-order valence-electron chi connectivity index (χ4n) is 3.71. The van der Waals surface area contributed by atoms with Crippen molar-refractivity contribution in [1.82, 2.24) is 29.9 Å². The Balaban J connectivity index is 1.57. The summed E-state index contributed by atoms with van der Waals surface area (Å²) < 4.78 is 1.78. The number of rotatable bonds is 5. The van der Waals surface area contributed by atoms with Crippen LogP contribution in [-0.2, 0) is 17.9 Å². The van der Waals surface area contributed by atoms with Gasteiger partial charge in [-0.25, -0.2) is 0 Å². The Hall–Kier alpha value is -3.35. The maximum Gasteiger partial charge on any atom is 0.226 e. The fourth-order valence-corrected chi connectivity index (χ4v) is 3.71. The Morgan fingerprint density at radius 2 is 2.11 bits per heavy atom. The number of pyridine rings is 2. The van der Waals surface area contributed by atoms with E-state index < -0.39 is 0 Å². The minimum absolute atomic E-state index is 0.145. The number of aryl methyl sites for hydroxylation is 1. The van der Waals surface area contributed by atoms with E-state index in [1.54, 1.807) is 10.7 Å². The average molecular weight is 372 g/mol. The van der Waals surface area contributed by atoms with E-state index in [2.05, 4.69) is 45.6 Å². The van der Waals surface area contributed by atoms with Crippen LogP contribution in [0.15, 0.2) is 48.8 Å². The maximum atomic E-state index is 13.0. The van der Waals surface area contributed by atoms with Gasteiger partial charge in [0.1, 0.15) is 0 Å². The monoisotopic (exact) mass is 372 g/mol. The number of aromatic nitrogens is 5. The normalized spacial score (nSPS) is 13.9. The lowest BCUT2D eigenvalue weighted by molar-refractivity contribution is -0.133. The molecular weight excluding hydrogens is 352 g/mol. The van der Waals surface area contributed by atoms with Gasteiger partial charge in [-0.2, -0.15) is 4.52 Å². The summed E-state index contributed by atoms with van der Waals surface area (Å²) in [5, 5.41) is 13.4. The lowest BCUT2D eigenvalue weighted by Crippen LogP contribution is -2.31. The van der Waals surface area contributed by atoms with Crippen LogP contribution in [-0.4, -0.2) is 35.8 Å². The molecule has 0 unspecified atom stereocenters. The van der Waals surface area contributed by atoms with Gasteiger partial charge in [0, 0.05) is 42.4 Å². The van der Waals surface area contributed by atoms with Crippen molar-refractivity contribution >= 4 is 22.5 Å². The molecule has 1 aliphatic carbocycles. The second kappa shape index (κ2) is 6.67. The Morgan fingerprint density at radius 3 is 2.89 bits per heavy atom. The summed E-state index contributed by atoms with van der Waals surface area (Å²) in [6.45, 7) is 3.05. The molecule has 140 valence electrons. The van der Waals surface area contributed by atoms with Crippen LogP contribution in [0.25, 0.3) is 16.6 Å². The number of amides is 1. The van der Waals surface area contributed by atoms with Crippen molar-refractivity contribution in [3.63, 3.8) is 0 Å². The molecule has 1 aromatic carbocycles. The summed E-state index contributed by atoms with van der Waals surface area (Å²) >= 11 is 0. The van der Waals surface area contributed by atoms with E-state index in [9.17, 15) is 4.79 Å². The van der Waals surface area contributed by atoms with Gasteiger partial charge >= 0.3 is 0 Å². The summed E-state index contributed by atoms with van der Waals surface area (Å²) in [5.41, 5.74) is 4.77. The molecule has 0 bridgehead atoms. The first-order chi connectivity index (χ1) is 13.7. The molecule has 28 heavy (non-hydrogen) atoms. The van der Waals surface area contributed by atoms with Crippen molar-refractivity contribution in [3.05, 3.63) is 65.5 Å². The Labute approximate surface area is 162 Å². The van der Waals surface area contributed by atoms with Crippen LogP contribution in [0, 0.1) is 12.8 Å². The first kappa shape index (κ1) is 16.8. The van der Waals surface area contributed by atoms with Gasteiger partial charge in [-0.1, -0.05) is 24.3 Å². The number of benzene rings is 1. The number of hydrogen-bond donors (Lipinski definition) is 0. The number of carbonyl (C=O) groups excluding carboxylic acids is 1. The van der Waals surface area contributed by atoms with Gasteiger partial charge in [0.05, 0.1) is 5.52 Å². The van der Waals surface area contributed by atoms with E-state index in [4.69, 9.17) is 0 Å². The van der Waals surface area contributed by atoms with Crippen molar-refractivity contribution in [2.75, 3.05) is 0 Å². The van der Waals surface area contributed by atoms with Crippen LogP contribution in [0.4, 0.5) is 0 Å². The third-order valence-corrected chi connectivity index (χ3v) is 5.26. The second-order valence-electron chi connectivity index (χ2n) is 7.43. The highest BCUT2D eigenvalue weighted by Crippen LogP contribution is 2.32. The average Bonchev–Trinajstić information content (AvgIpc) is 3.44. The van der Waals surface area contributed by atoms with Crippen molar-refractivity contribution in [3.8, 4) is 0 Å². The first-order valence-corrected chi connectivity index (χ1v) is 9.48. The SMILES string of the molecule is Cc1cccc2cc(CN(Cc3cccnc3)C(=O)C3CC3)c3nnnn3c12. The molecule has 0 aliphatic heterocycles. The van der Waals surface area contributed by atoms with Gasteiger partial charge in [-0.3, -0.25) is 9.78 Å². The number of fused-ring (bicyclic) bond motifs is 3. The summed E-state index contributed by atoms with van der Waals surface area (Å²) in [6, 6.07) is 12.1. The van der Waals surface area contributed by atoms with Crippen molar-refractivity contribution < 1.29 is 4.79 Å². The van der Waals surface area contributed by atoms with Crippen molar-refractivity contribution in [2.24, 2.45) is 5.92 Å². The van der Waals surface area contributed by atoms with Crippen molar-refractivity contribution in [2.45, 2.75) is 32.9 Å². The molecule has 1 amide bonds. The Morgan fingerprint density at radius 1 is 1.21 bits per heavy atom. The van der Waals surface area contributed by atoms with Crippen LogP contribution in [0.1, 0.15) is 29.5 Å². The Bertz CT molecular complexity index is 1170. The molecule has 0 radical (unpaired) electrons. The number of nitrogens with zero attached hydrogens (tertiary/aromatic N) is 6. The predicted octanol–water partition coefficient (Wildman–Crippen LogP) is 2.92. The molecule has 3 aromatic heterocycles. The highest BCUT2D eigenvalue weighted by atomic mass is 16.2. The molecule has 4 aromatic rings. The maximum absolute atomic E-state index is 13.0. The lowest BCUT2D eigenvalue weighted by atomic mass is 10.1. The third kappa shape index (κ3) is 2.98. The topological polar surface area (TPSA) is 76.3 Å². The Kier molecular flexibility index (Phi) is 4.00. The summed E-state index contributed by atoms with van der Waals surface area (Å²) in [5.74, 6) is 0.338. The van der Waals surface area contributed by atoms with Gasteiger partial charge < -0.3 is 4.90 Å². The number of para-hydroxylation sites is 1. The number of hydrogen-bond acceptors (Lipinski definition) is 5. The molecule has 0 spiro atoms. The minimum atomic E-state index is 0.145. The molecule has 1 saturated carbocycles. The number of tetrazole rings is 1. The standard InChI is InChI=1S/C21H20N6O/c1-14-4-2-6-17-10-18(20-23-24-25-27(20)19(14)17)13-26(21(28)16-7-8-16)12-15-5-3-9-22-11-15/h2-6,9-11,16H,7-8,12-13H2,1H3. The molecule has 7 nitrogen and oxygen atoms in total. The van der Waals surface area contributed by atoms with Gasteiger partial charge in [0.25, 0.3) is 0 Å². The predicted molar refractivity (Wildman–Crippen MR) is 104 cm³/mol. The third-order valence-electron chi connectivity index (χ3n) is 5.26. The van der Waals surface area contributed by atoms with Crippen LogP contribution in [0.2, 0.25) is 0 Å². The molecule has 0 atom stereocenters. The zero-order valence-electron chi connectivity index (χ0n) is 15.6. The molecule has 3 heterocycles. The minimum Gasteiger partial charge on any atom is -0.334 e. The molecule has 5 rings (SSSR count). The molecule has 0 saturated heterocycles. The van der Waals surface area contributed by atoms with Gasteiger partial charge in [-0.05, 0) is 53.5 Å². The molecule has 0 N–H and O–H groups in total. The van der Waals surface area contributed by atoms with E-state index in [-0.39, 0.29) is 11.8 Å². The van der Waals surface area contributed by atoms with Gasteiger partial charge in [-0.15, -0.1) is 5.10 Å². The molecule has 1 aliphatic rings. The van der Waals surface area contributed by atoms with Crippen LogP contribution in [0.5, 0.6) is 0 Å². The van der Waals surface area contributed by atoms with E-state index in [0.29, 0.717) is 18.7 Å². The van der Waals surface area contributed by atoms with Gasteiger partial charge in [0.15, 0.2) is 5.65 Å². The highest BCUT2D eigenvalue weighted by Gasteiger charge is 2.33. The zero-order valence-corrected chi connectivity index (χ0v) is 15.6. The highest BCUT2D eigenvalue weighted by molar-refractivity contribution is 5.86. The second-order valence-corrected chi connectivity index (χ2v) is 7.43. The van der Waals surface area contributed by atoms with Crippen molar-refractivity contribution in [1.29, 1.82) is 0 Å². The van der Waals surface area contributed by atoms with Gasteiger partial charge in [0.2, 0.25) is 5.91 Å². The zero-order chi connectivity index (χ0) is 19.1. The lowest BCUT2D eigenvalue weighted by Gasteiger charge is -2.23. The summed E-state index contributed by atoms with van der Waals surface area (Å²) in [7, 11) is 0.